The van der Waals surface area contributed by atoms with E-state index in [4.69, 9.17) is 4.74 Å². The summed E-state index contributed by atoms with van der Waals surface area (Å²) < 4.78 is 7.86. The Morgan fingerprint density at radius 3 is 2.75 bits per heavy atom. The van der Waals surface area contributed by atoms with Crippen LogP contribution in [0.5, 0.6) is 5.75 Å². The Labute approximate surface area is 188 Å². The molecule has 1 saturated carbocycles. The number of aryl methyl sites for hydroxylation is 1. The van der Waals surface area contributed by atoms with E-state index >= 15 is 0 Å². The van der Waals surface area contributed by atoms with E-state index in [9.17, 15) is 9.90 Å². The van der Waals surface area contributed by atoms with E-state index in [2.05, 4.69) is 30.3 Å². The summed E-state index contributed by atoms with van der Waals surface area (Å²) in [5.74, 6) is 1.37. The number of anilines is 1. The Bertz CT molecular complexity index is 1180. The van der Waals surface area contributed by atoms with E-state index in [1.807, 2.05) is 55.5 Å². The summed E-state index contributed by atoms with van der Waals surface area (Å²) in [7, 11) is 0. The Kier molecular flexibility index (Phi) is 4.86. The van der Waals surface area contributed by atoms with Crippen LogP contribution < -0.4 is 10.1 Å². The van der Waals surface area contributed by atoms with Crippen LogP contribution in [0.2, 0.25) is 0 Å². The lowest BCUT2D eigenvalue weighted by atomic mass is 9.80. The molecule has 1 aliphatic heterocycles. The lowest BCUT2D eigenvalue weighted by Gasteiger charge is -2.38. The Morgan fingerprint density at radius 1 is 1.22 bits per heavy atom. The molecule has 1 spiro atoms. The van der Waals surface area contributed by atoms with Gasteiger partial charge in [0.1, 0.15) is 17.2 Å². The van der Waals surface area contributed by atoms with Crippen molar-refractivity contribution in [2.45, 2.75) is 51.2 Å². The van der Waals surface area contributed by atoms with Crippen molar-refractivity contribution in [3.05, 3.63) is 65.7 Å². The Morgan fingerprint density at radius 2 is 1.97 bits per heavy atom. The van der Waals surface area contributed by atoms with Crippen LogP contribution in [0.4, 0.5) is 5.82 Å². The van der Waals surface area contributed by atoms with E-state index < -0.39 is 0 Å². The number of aliphatic hydroxyl groups is 1. The van der Waals surface area contributed by atoms with E-state index in [1.165, 1.54) is 0 Å². The number of rotatable bonds is 5. The topological polar surface area (TPSA) is 76.4 Å². The van der Waals surface area contributed by atoms with E-state index in [0.717, 1.165) is 41.0 Å². The minimum absolute atomic E-state index is 0.00655. The minimum Gasteiger partial charge on any atom is -0.488 e. The van der Waals surface area contributed by atoms with Crippen LogP contribution in [0, 0.1) is 12.8 Å². The third-order valence-electron chi connectivity index (χ3n) is 6.71. The van der Waals surface area contributed by atoms with Gasteiger partial charge in [-0.15, -0.1) is 0 Å². The van der Waals surface area contributed by atoms with Gasteiger partial charge >= 0.3 is 0 Å². The number of carbonyl (C=O) groups is 1. The van der Waals surface area contributed by atoms with Crippen LogP contribution in [0.1, 0.15) is 37.8 Å². The van der Waals surface area contributed by atoms with Gasteiger partial charge in [-0.25, -0.2) is 4.68 Å². The van der Waals surface area contributed by atoms with E-state index in [1.54, 1.807) is 4.68 Å². The van der Waals surface area contributed by atoms with Crippen LogP contribution in [0.15, 0.2) is 54.6 Å². The molecule has 0 radical (unpaired) electrons. The van der Waals surface area contributed by atoms with Crippen molar-refractivity contribution in [3.8, 4) is 17.0 Å². The van der Waals surface area contributed by atoms with Crippen LogP contribution >= 0.6 is 0 Å². The Hall–Kier alpha value is -3.12. The summed E-state index contributed by atoms with van der Waals surface area (Å²) in [4.78, 5) is 13.4. The number of carbonyl (C=O) groups excluding carboxylic acids is 1. The fraction of sp³-hybridized carbons (Fsp3) is 0.385. The summed E-state index contributed by atoms with van der Waals surface area (Å²) in [6, 6.07) is 18.0. The number of aromatic nitrogens is 2. The predicted molar refractivity (Wildman–Crippen MR) is 124 cm³/mol. The van der Waals surface area contributed by atoms with Crippen LogP contribution in [-0.2, 0) is 16.8 Å². The maximum Gasteiger partial charge on any atom is 0.229 e. The molecule has 6 heteroatoms. The second kappa shape index (κ2) is 7.48. The van der Waals surface area contributed by atoms with Crippen LogP contribution in [0.3, 0.4) is 0 Å². The van der Waals surface area contributed by atoms with Crippen molar-refractivity contribution in [2.24, 2.45) is 5.92 Å². The normalized spacial score (nSPS) is 22.8. The molecule has 0 saturated heterocycles. The first-order valence-corrected chi connectivity index (χ1v) is 11.2. The highest BCUT2D eigenvalue weighted by Gasteiger charge is 2.64. The second-order valence-corrected chi connectivity index (χ2v) is 9.61. The van der Waals surface area contributed by atoms with Crippen molar-refractivity contribution in [3.63, 3.8) is 0 Å². The highest BCUT2D eigenvalue weighted by molar-refractivity contribution is 5.96. The van der Waals surface area contributed by atoms with Gasteiger partial charge in [0.2, 0.25) is 5.91 Å². The summed E-state index contributed by atoms with van der Waals surface area (Å²) in [6.07, 6.45) is 1.61. The third-order valence-corrected chi connectivity index (χ3v) is 6.71. The number of nitrogens with zero attached hydrogens (tertiary/aromatic N) is 2. The number of para-hydroxylation sites is 1. The lowest BCUT2D eigenvalue weighted by molar-refractivity contribution is -0.118. The zero-order valence-electron chi connectivity index (χ0n) is 18.8. The van der Waals surface area contributed by atoms with Gasteiger partial charge in [0.05, 0.1) is 18.8 Å². The third kappa shape index (κ3) is 3.48. The molecule has 32 heavy (non-hydrogen) atoms. The highest BCUT2D eigenvalue weighted by atomic mass is 16.5. The predicted octanol–water partition coefficient (Wildman–Crippen LogP) is 4.31. The standard InChI is InChI=1S/C26H29N3O3/c1-17-8-4-5-9-18(17)21-14-23(29(28-21)12-13-30)27-24(31)20-15-26(20)16-25(2,3)32-22-11-7-6-10-19(22)26/h4-11,14,20,30H,12-13,15-16H2,1-3H3,(H,27,31)/t20-,26+/m1/s1. The van der Waals surface area contributed by atoms with Crippen molar-refractivity contribution >= 4 is 11.7 Å². The van der Waals surface area contributed by atoms with Crippen LogP contribution in [0.25, 0.3) is 11.3 Å². The van der Waals surface area contributed by atoms with Gasteiger partial charge in [0, 0.05) is 28.5 Å². The molecular weight excluding hydrogens is 402 g/mol. The molecule has 1 amide bonds. The monoisotopic (exact) mass is 431 g/mol. The number of nitrogens with one attached hydrogen (secondary N) is 1. The molecule has 3 aromatic rings. The van der Waals surface area contributed by atoms with Gasteiger partial charge in [-0.1, -0.05) is 42.5 Å². The average molecular weight is 432 g/mol. The largest absolute Gasteiger partial charge is 0.488 e. The summed E-state index contributed by atoms with van der Waals surface area (Å²) in [5.41, 5.74) is 3.53. The molecule has 2 heterocycles. The zero-order valence-corrected chi connectivity index (χ0v) is 18.8. The number of hydrogen-bond donors (Lipinski definition) is 2. The number of fused-ring (bicyclic) bond motifs is 2. The number of ether oxygens (including phenoxy) is 1. The van der Waals surface area contributed by atoms with Gasteiger partial charge < -0.3 is 15.2 Å². The van der Waals surface area contributed by atoms with Crippen molar-refractivity contribution in [2.75, 3.05) is 11.9 Å². The highest BCUT2D eigenvalue weighted by Crippen LogP contribution is 2.63. The maximum atomic E-state index is 13.4. The number of aliphatic hydroxyl groups excluding tert-OH is 1. The fourth-order valence-electron chi connectivity index (χ4n) is 5.29. The van der Waals surface area contributed by atoms with Gasteiger partial charge in [0.15, 0.2) is 0 Å². The molecule has 2 aliphatic rings. The van der Waals surface area contributed by atoms with Crippen molar-refractivity contribution < 1.29 is 14.6 Å². The van der Waals surface area contributed by atoms with Crippen molar-refractivity contribution in [1.82, 2.24) is 9.78 Å². The first-order chi connectivity index (χ1) is 15.3. The molecule has 1 fully saturated rings. The summed E-state index contributed by atoms with van der Waals surface area (Å²) in [6.45, 7) is 6.48. The molecule has 1 aromatic heterocycles. The molecule has 6 nitrogen and oxygen atoms in total. The molecule has 2 atom stereocenters. The molecule has 2 aromatic carbocycles. The van der Waals surface area contributed by atoms with Gasteiger partial charge in [-0.3, -0.25) is 4.79 Å². The quantitative estimate of drug-likeness (QED) is 0.631. The van der Waals surface area contributed by atoms with Crippen LogP contribution in [-0.4, -0.2) is 33.0 Å². The van der Waals surface area contributed by atoms with E-state index in [0.29, 0.717) is 12.4 Å². The van der Waals surface area contributed by atoms with Gasteiger partial charge in [0.25, 0.3) is 0 Å². The van der Waals surface area contributed by atoms with E-state index in [-0.39, 0.29) is 29.4 Å². The molecule has 0 bridgehead atoms. The summed E-state index contributed by atoms with van der Waals surface area (Å²) in [5, 5.41) is 17.3. The number of amides is 1. The maximum absolute atomic E-state index is 13.4. The summed E-state index contributed by atoms with van der Waals surface area (Å²) >= 11 is 0. The molecule has 1 aliphatic carbocycles. The first kappa shape index (κ1) is 20.8. The molecule has 166 valence electrons. The SMILES string of the molecule is Cc1ccccc1-c1cc(NC(=O)[C@H]2C[C@@]23CC(C)(C)Oc2ccccc23)n(CCO)n1. The fourth-order valence-corrected chi connectivity index (χ4v) is 5.29. The smallest absolute Gasteiger partial charge is 0.229 e. The minimum atomic E-state index is -0.319. The average Bonchev–Trinajstić information content (AvgIpc) is 3.32. The zero-order chi connectivity index (χ0) is 22.5. The number of hydrogen-bond acceptors (Lipinski definition) is 4. The molecule has 5 rings (SSSR count). The van der Waals surface area contributed by atoms with Gasteiger partial charge in [-0.2, -0.15) is 5.10 Å². The molecule has 0 unspecified atom stereocenters. The second-order valence-electron chi connectivity index (χ2n) is 9.61. The lowest BCUT2D eigenvalue weighted by Crippen LogP contribution is -2.40. The Balaban J connectivity index is 1.43. The van der Waals surface area contributed by atoms with Gasteiger partial charge in [-0.05, 0) is 45.2 Å². The number of benzene rings is 2. The molecular formula is C26H29N3O3. The molecule has 2 N–H and O–H groups in total. The van der Waals surface area contributed by atoms with Crippen molar-refractivity contribution in [1.29, 1.82) is 0 Å². The first-order valence-electron chi connectivity index (χ1n) is 11.2.